The lowest BCUT2D eigenvalue weighted by atomic mass is 9.97. The van der Waals surface area contributed by atoms with Gasteiger partial charge in [-0.3, -0.25) is 0 Å². The van der Waals surface area contributed by atoms with Crippen molar-refractivity contribution in [3.05, 3.63) is 71.7 Å². The summed E-state index contributed by atoms with van der Waals surface area (Å²) in [5.41, 5.74) is 1.05. The van der Waals surface area contributed by atoms with Crippen molar-refractivity contribution >= 4 is 5.78 Å². The van der Waals surface area contributed by atoms with Gasteiger partial charge in [0, 0.05) is 11.1 Å². The lowest BCUT2D eigenvalue weighted by Crippen LogP contribution is -2.19. The van der Waals surface area contributed by atoms with Gasteiger partial charge in [-0.05, 0) is 37.6 Å². The summed E-state index contributed by atoms with van der Waals surface area (Å²) in [5, 5.41) is 23.7. The van der Waals surface area contributed by atoms with Gasteiger partial charge < -0.3 is 5.11 Å². The minimum absolute atomic E-state index is 0.289. The van der Waals surface area contributed by atoms with Crippen LogP contribution in [0.3, 0.4) is 0 Å². The zero-order valence-electron chi connectivity index (χ0n) is 15.6. The number of hydrogen-bond acceptors (Lipinski definition) is 5. The van der Waals surface area contributed by atoms with Crippen molar-refractivity contribution in [1.82, 2.24) is 19.6 Å². The Bertz CT molecular complexity index is 1280. The summed E-state index contributed by atoms with van der Waals surface area (Å²) >= 11 is 0. The SMILES string of the molecule is CC(C)(O)c1cnn2c(-c3cccc(-c4ccc(F)c(F)c4C#N)c3)cnc2n1. The number of aromatic nitrogens is 4. The number of rotatable bonds is 3. The first-order chi connectivity index (χ1) is 13.8. The quantitative estimate of drug-likeness (QED) is 0.573. The first-order valence-electron chi connectivity index (χ1n) is 8.72. The van der Waals surface area contributed by atoms with E-state index in [1.54, 1.807) is 44.3 Å². The van der Waals surface area contributed by atoms with Crippen molar-refractivity contribution in [2.45, 2.75) is 19.4 Å². The maximum Gasteiger partial charge on any atom is 0.251 e. The molecule has 0 aliphatic rings. The number of nitrogens with zero attached hydrogens (tertiary/aromatic N) is 5. The molecule has 0 spiro atoms. The molecule has 29 heavy (non-hydrogen) atoms. The average Bonchev–Trinajstić information content (AvgIpc) is 3.12. The van der Waals surface area contributed by atoms with Gasteiger partial charge >= 0.3 is 0 Å². The van der Waals surface area contributed by atoms with E-state index < -0.39 is 17.2 Å². The van der Waals surface area contributed by atoms with Crippen LogP contribution in [0, 0.1) is 23.0 Å². The molecule has 2 heterocycles. The predicted octanol–water partition coefficient (Wildman–Crippen LogP) is 3.84. The van der Waals surface area contributed by atoms with Crippen LogP contribution in [0.4, 0.5) is 8.78 Å². The molecule has 0 saturated carbocycles. The molecule has 2 aromatic carbocycles. The number of nitriles is 1. The largest absolute Gasteiger partial charge is 0.384 e. The van der Waals surface area contributed by atoms with Crippen molar-refractivity contribution in [2.24, 2.45) is 0 Å². The van der Waals surface area contributed by atoms with E-state index >= 15 is 0 Å². The molecule has 2 aromatic heterocycles. The summed E-state index contributed by atoms with van der Waals surface area (Å²) in [5.74, 6) is -1.92. The molecule has 4 rings (SSSR count). The van der Waals surface area contributed by atoms with Crippen LogP contribution in [-0.2, 0) is 5.60 Å². The van der Waals surface area contributed by atoms with Crippen LogP contribution < -0.4 is 0 Å². The Morgan fingerprint density at radius 1 is 1.10 bits per heavy atom. The number of halogens is 2. The van der Waals surface area contributed by atoms with E-state index in [2.05, 4.69) is 15.1 Å². The monoisotopic (exact) mass is 391 g/mol. The third kappa shape index (κ3) is 3.22. The maximum atomic E-state index is 14.0. The standard InChI is InChI=1S/C21H15F2N5O/c1-21(2,29)18-11-26-28-17(10-25-20(28)27-18)13-5-3-4-12(8-13)14-6-7-16(22)19(23)15(14)9-24/h3-8,10-11,29H,1-2H3. The Morgan fingerprint density at radius 3 is 2.59 bits per heavy atom. The highest BCUT2D eigenvalue weighted by Gasteiger charge is 2.20. The molecule has 0 unspecified atom stereocenters. The Balaban J connectivity index is 1.84. The summed E-state index contributed by atoms with van der Waals surface area (Å²) in [6, 6.07) is 11.1. The van der Waals surface area contributed by atoms with Crippen molar-refractivity contribution in [3.8, 4) is 28.5 Å². The van der Waals surface area contributed by atoms with Crippen molar-refractivity contribution in [2.75, 3.05) is 0 Å². The Hall–Kier alpha value is -3.70. The minimum Gasteiger partial charge on any atom is -0.384 e. The fourth-order valence-electron chi connectivity index (χ4n) is 3.01. The molecule has 0 bridgehead atoms. The van der Waals surface area contributed by atoms with E-state index in [1.807, 2.05) is 6.07 Å². The zero-order chi connectivity index (χ0) is 20.8. The van der Waals surface area contributed by atoms with E-state index in [1.165, 1.54) is 16.8 Å². The van der Waals surface area contributed by atoms with E-state index in [4.69, 9.17) is 0 Å². The molecular weight excluding hydrogens is 376 g/mol. The summed E-state index contributed by atoms with van der Waals surface area (Å²) in [7, 11) is 0. The van der Waals surface area contributed by atoms with Crippen LogP contribution in [0.1, 0.15) is 25.1 Å². The molecule has 0 radical (unpaired) electrons. The molecule has 8 heteroatoms. The summed E-state index contributed by atoms with van der Waals surface area (Å²) in [6.07, 6.45) is 3.05. The maximum absolute atomic E-state index is 14.0. The molecule has 0 atom stereocenters. The van der Waals surface area contributed by atoms with Gasteiger partial charge in [-0.15, -0.1) is 0 Å². The molecule has 1 N–H and O–H groups in total. The van der Waals surface area contributed by atoms with E-state index in [9.17, 15) is 19.1 Å². The highest BCUT2D eigenvalue weighted by atomic mass is 19.2. The first-order valence-corrected chi connectivity index (χ1v) is 8.72. The molecule has 0 aliphatic heterocycles. The van der Waals surface area contributed by atoms with E-state index in [0.29, 0.717) is 28.3 Å². The molecule has 4 aromatic rings. The lowest BCUT2D eigenvalue weighted by molar-refractivity contribution is 0.0734. The Labute approximate surface area is 164 Å². The number of fused-ring (bicyclic) bond motifs is 1. The highest BCUT2D eigenvalue weighted by molar-refractivity contribution is 5.76. The second-order valence-corrected chi connectivity index (χ2v) is 7.03. The van der Waals surface area contributed by atoms with Gasteiger partial charge in [0.2, 0.25) is 0 Å². The van der Waals surface area contributed by atoms with Crippen LogP contribution in [-0.4, -0.2) is 24.7 Å². The zero-order valence-corrected chi connectivity index (χ0v) is 15.6. The normalized spacial score (nSPS) is 11.6. The Kier molecular flexibility index (Phi) is 4.32. The number of benzene rings is 2. The van der Waals surface area contributed by atoms with E-state index in [-0.39, 0.29) is 11.1 Å². The first kappa shape index (κ1) is 18.7. The fraction of sp³-hybridized carbons (Fsp3) is 0.143. The van der Waals surface area contributed by atoms with Gasteiger partial charge in [-0.25, -0.2) is 18.7 Å². The number of hydrogen-bond donors (Lipinski definition) is 1. The lowest BCUT2D eigenvalue weighted by Gasteiger charge is -2.15. The van der Waals surface area contributed by atoms with Crippen LogP contribution in [0.2, 0.25) is 0 Å². The molecule has 0 saturated heterocycles. The minimum atomic E-state index is -1.17. The molecule has 0 aliphatic carbocycles. The molecule has 144 valence electrons. The third-order valence-electron chi connectivity index (χ3n) is 4.54. The van der Waals surface area contributed by atoms with Crippen LogP contribution in [0.15, 0.2) is 48.8 Å². The van der Waals surface area contributed by atoms with Gasteiger partial charge in [-0.1, -0.05) is 18.2 Å². The van der Waals surface area contributed by atoms with Gasteiger partial charge in [0.15, 0.2) is 11.6 Å². The second-order valence-electron chi connectivity index (χ2n) is 7.03. The number of aliphatic hydroxyl groups is 1. The van der Waals surface area contributed by atoms with Gasteiger partial charge in [0.1, 0.15) is 11.7 Å². The van der Waals surface area contributed by atoms with Crippen molar-refractivity contribution < 1.29 is 13.9 Å². The van der Waals surface area contributed by atoms with Crippen molar-refractivity contribution in [1.29, 1.82) is 5.26 Å². The van der Waals surface area contributed by atoms with Gasteiger partial charge in [-0.2, -0.15) is 14.9 Å². The summed E-state index contributed by atoms with van der Waals surface area (Å²) in [4.78, 5) is 8.57. The van der Waals surface area contributed by atoms with Crippen LogP contribution >= 0.6 is 0 Å². The number of imidazole rings is 1. The highest BCUT2D eigenvalue weighted by Crippen LogP contribution is 2.30. The summed E-state index contributed by atoms with van der Waals surface area (Å²) < 4.78 is 29.0. The average molecular weight is 391 g/mol. The van der Waals surface area contributed by atoms with E-state index in [0.717, 1.165) is 6.07 Å². The molecule has 0 amide bonds. The molecule has 6 nitrogen and oxygen atoms in total. The fourth-order valence-corrected chi connectivity index (χ4v) is 3.01. The smallest absolute Gasteiger partial charge is 0.251 e. The predicted molar refractivity (Wildman–Crippen MR) is 102 cm³/mol. The third-order valence-corrected chi connectivity index (χ3v) is 4.54. The second kappa shape index (κ2) is 6.72. The van der Waals surface area contributed by atoms with Crippen LogP contribution in [0.25, 0.3) is 28.2 Å². The van der Waals surface area contributed by atoms with Crippen molar-refractivity contribution in [3.63, 3.8) is 0 Å². The molecular formula is C21H15F2N5O. The van der Waals surface area contributed by atoms with Gasteiger partial charge in [0.25, 0.3) is 5.78 Å². The van der Waals surface area contributed by atoms with Gasteiger partial charge in [0.05, 0.1) is 29.3 Å². The summed E-state index contributed by atoms with van der Waals surface area (Å²) in [6.45, 7) is 3.21. The molecule has 0 fully saturated rings. The Morgan fingerprint density at radius 2 is 1.86 bits per heavy atom. The van der Waals surface area contributed by atoms with Crippen LogP contribution in [0.5, 0.6) is 0 Å². The topological polar surface area (TPSA) is 87.1 Å².